The molecule has 0 aromatic heterocycles. The first-order chi connectivity index (χ1) is 36.2. The molecule has 0 bridgehead atoms. The van der Waals surface area contributed by atoms with Gasteiger partial charge in [-0.15, -0.1) is 0 Å². The third kappa shape index (κ3) is 24.7. The second-order valence-corrected chi connectivity index (χ2v) is 25.4. The lowest BCUT2D eigenvalue weighted by molar-refractivity contribution is -0.140. The van der Waals surface area contributed by atoms with E-state index >= 15 is 0 Å². The van der Waals surface area contributed by atoms with E-state index in [1.54, 1.807) is 13.8 Å². The van der Waals surface area contributed by atoms with E-state index in [0.29, 0.717) is 19.5 Å². The summed E-state index contributed by atoms with van der Waals surface area (Å²) in [5, 5.41) is 35.9. The summed E-state index contributed by atoms with van der Waals surface area (Å²) in [5.41, 5.74) is -4.82. The van der Waals surface area contributed by atoms with Crippen LogP contribution in [0.4, 0.5) is 0 Å². The third-order valence-corrected chi connectivity index (χ3v) is 13.6. The Morgan fingerprint density at radius 1 is 0.620 bits per heavy atom. The number of aliphatic hydroxyl groups excluding tert-OH is 1. The highest BCUT2D eigenvalue weighted by atomic mass is 16.3. The van der Waals surface area contributed by atoms with Crippen molar-refractivity contribution in [1.82, 2.24) is 57.7 Å². The summed E-state index contributed by atoms with van der Waals surface area (Å²) < 4.78 is 0. The van der Waals surface area contributed by atoms with Crippen molar-refractivity contribution in [3.63, 3.8) is 0 Å². The van der Waals surface area contributed by atoms with E-state index in [0.717, 1.165) is 6.42 Å². The largest absolute Gasteiger partial charge is 0.390 e. The fourth-order valence-corrected chi connectivity index (χ4v) is 8.79. The number of rotatable bonds is 32. The van der Waals surface area contributed by atoms with E-state index in [1.807, 2.05) is 94.3 Å². The van der Waals surface area contributed by atoms with E-state index < -0.39 is 106 Å². The highest BCUT2D eigenvalue weighted by Gasteiger charge is 2.43. The maximum atomic E-state index is 14.2. The molecule has 1 fully saturated rings. The molecule has 22 heteroatoms. The molecule has 1 saturated heterocycles. The number of amides is 10. The van der Waals surface area contributed by atoms with Crippen LogP contribution in [-0.2, 0) is 47.9 Å². The Morgan fingerprint density at radius 2 is 1.10 bits per heavy atom. The molecule has 1 rings (SSSR count). The highest BCUT2D eigenvalue weighted by Crippen LogP contribution is 2.25. The second kappa shape index (κ2) is 32.0. The smallest absolute Gasteiger partial charge is 0.246 e. The van der Waals surface area contributed by atoms with Crippen LogP contribution in [0.25, 0.3) is 0 Å². The monoisotopic (exact) mass is 1120 g/mol. The average Bonchev–Trinajstić information content (AvgIpc) is 3.71. The van der Waals surface area contributed by atoms with Crippen LogP contribution in [0.15, 0.2) is 12.2 Å². The standard InChI is InChI=1S/C57H103N11O11/c1-21-36(10)22-23-44(70)68-30-37(11)29-42(68)50(75)61-39(26-32(2)3)48(73)63-45(46(71)35(8)9)51(76)65-56(15,16)53(78)62-40(27-33(4)5)47(72)60-41(28-34(6)7)49(74)64-57(17,18)54(79)66-55(13,14)52(77)58-25-24-43(69)59-38(12)31-67(19)20/h22-23,32-42,45-46,71H,21,24-31H2,1-20H3,(H,58,77)(H,59,69)(H,60,72)(H,61,75)(H,62,78)(H,63,73)(H,64,74)(H,65,76)(H,66,79). The molecule has 0 saturated carbocycles. The predicted octanol–water partition coefficient (Wildman–Crippen LogP) is 2.18. The van der Waals surface area contributed by atoms with Gasteiger partial charge in [-0.1, -0.05) is 88.7 Å². The number of carbonyl (C=O) groups excluding carboxylic acids is 10. The van der Waals surface area contributed by atoms with Gasteiger partial charge in [0.2, 0.25) is 59.1 Å². The van der Waals surface area contributed by atoms with E-state index in [1.165, 1.54) is 52.5 Å². The van der Waals surface area contributed by atoms with Crippen molar-refractivity contribution < 1.29 is 53.1 Å². The molecule has 0 aromatic carbocycles. The molecule has 79 heavy (non-hydrogen) atoms. The van der Waals surface area contributed by atoms with Crippen LogP contribution in [0.2, 0.25) is 0 Å². The molecule has 1 aliphatic heterocycles. The quantitative estimate of drug-likeness (QED) is 0.0434. The summed E-state index contributed by atoms with van der Waals surface area (Å²) in [5.74, 6) is -7.00. The Hall–Kier alpha value is -5.64. The topological polar surface area (TPSA) is 306 Å². The Balaban J connectivity index is 3.28. The summed E-state index contributed by atoms with van der Waals surface area (Å²) in [6, 6.07) is -6.11. The zero-order valence-corrected chi connectivity index (χ0v) is 51.4. The number of likely N-dealkylation sites (tertiary alicyclic amines) is 1. The minimum atomic E-state index is -1.76. The van der Waals surface area contributed by atoms with Gasteiger partial charge in [0, 0.05) is 32.1 Å². The van der Waals surface area contributed by atoms with Gasteiger partial charge in [-0.2, -0.15) is 0 Å². The zero-order chi connectivity index (χ0) is 61.1. The van der Waals surface area contributed by atoms with Crippen molar-refractivity contribution in [2.45, 2.75) is 222 Å². The number of nitrogens with zero attached hydrogens (tertiary/aromatic N) is 2. The lowest BCUT2D eigenvalue weighted by Gasteiger charge is -2.34. The van der Waals surface area contributed by atoms with Crippen LogP contribution < -0.4 is 47.9 Å². The van der Waals surface area contributed by atoms with Gasteiger partial charge in [-0.3, -0.25) is 47.9 Å². The van der Waals surface area contributed by atoms with E-state index in [4.69, 9.17) is 0 Å². The summed E-state index contributed by atoms with van der Waals surface area (Å²) in [6.07, 6.45) is 3.49. The molecule has 10 N–H and O–H groups in total. The third-order valence-electron chi connectivity index (χ3n) is 13.6. The van der Waals surface area contributed by atoms with Gasteiger partial charge in [-0.25, -0.2) is 0 Å². The van der Waals surface area contributed by atoms with Crippen molar-refractivity contribution in [2.24, 2.45) is 35.5 Å². The Kier molecular flexibility index (Phi) is 28.9. The average molecular weight is 1120 g/mol. The molecule has 10 amide bonds. The number of allylic oxidation sites excluding steroid dienone is 1. The fraction of sp³-hybridized carbons (Fsp3) is 0.789. The van der Waals surface area contributed by atoms with Gasteiger partial charge in [-0.05, 0) is 130 Å². The first kappa shape index (κ1) is 71.4. The number of nitrogens with one attached hydrogen (secondary N) is 9. The van der Waals surface area contributed by atoms with Crippen LogP contribution in [0, 0.1) is 35.5 Å². The SMILES string of the molecule is CCC(C)C=CC(=O)N1CC(C)CC1C(=O)NC(CC(C)C)C(=O)NC(C(=O)NC(C)(C)C(=O)NC(CC(C)C)C(=O)NC(CC(C)C)C(=O)NC(C)(C)C(=O)NC(C)(C)C(=O)NCCC(=O)NC(C)CN(C)C)C(O)C(C)C. The van der Waals surface area contributed by atoms with Crippen molar-refractivity contribution >= 4 is 59.1 Å². The van der Waals surface area contributed by atoms with Gasteiger partial charge in [0.15, 0.2) is 0 Å². The summed E-state index contributed by atoms with van der Waals surface area (Å²) in [7, 11) is 3.78. The molecule has 0 aliphatic carbocycles. The first-order valence-corrected chi connectivity index (χ1v) is 28.3. The molecule has 1 heterocycles. The molecule has 0 aromatic rings. The number of carbonyl (C=O) groups is 10. The predicted molar refractivity (Wildman–Crippen MR) is 305 cm³/mol. The molecule has 1 aliphatic rings. The number of likely N-dealkylation sites (N-methyl/N-ethyl adjacent to an activating group) is 1. The fourth-order valence-electron chi connectivity index (χ4n) is 8.79. The summed E-state index contributed by atoms with van der Waals surface area (Å²) in [4.78, 5) is 141. The van der Waals surface area contributed by atoms with Crippen LogP contribution in [0.1, 0.15) is 163 Å². The zero-order valence-electron chi connectivity index (χ0n) is 51.4. The molecular weight excluding hydrogens is 1010 g/mol. The Bertz CT molecular complexity index is 2120. The van der Waals surface area contributed by atoms with Crippen LogP contribution in [-0.4, -0.2) is 167 Å². The number of aliphatic hydroxyl groups is 1. The summed E-state index contributed by atoms with van der Waals surface area (Å²) >= 11 is 0. The maximum Gasteiger partial charge on any atom is 0.246 e. The highest BCUT2D eigenvalue weighted by molar-refractivity contribution is 6.00. The molecule has 22 nitrogen and oxygen atoms in total. The molecule has 0 spiro atoms. The minimum absolute atomic E-state index is 0.0200. The lowest BCUT2D eigenvalue weighted by Crippen LogP contribution is -2.66. The van der Waals surface area contributed by atoms with Crippen molar-refractivity contribution in [2.75, 3.05) is 33.7 Å². The van der Waals surface area contributed by atoms with Gasteiger partial charge < -0.3 is 62.8 Å². The van der Waals surface area contributed by atoms with Crippen LogP contribution in [0.3, 0.4) is 0 Å². The number of hydrogen-bond acceptors (Lipinski definition) is 12. The normalized spacial score (nSPS) is 17.8. The molecule has 0 radical (unpaired) electrons. The van der Waals surface area contributed by atoms with Gasteiger partial charge in [0.05, 0.1) is 6.10 Å². The van der Waals surface area contributed by atoms with Crippen molar-refractivity contribution in [3.8, 4) is 0 Å². The molecular formula is C57H103N11O11. The van der Waals surface area contributed by atoms with Crippen LogP contribution in [0.5, 0.6) is 0 Å². The maximum absolute atomic E-state index is 14.2. The first-order valence-electron chi connectivity index (χ1n) is 28.3. The van der Waals surface area contributed by atoms with Crippen molar-refractivity contribution in [1.29, 1.82) is 0 Å². The van der Waals surface area contributed by atoms with E-state index in [-0.39, 0.29) is 79.7 Å². The molecule has 9 unspecified atom stereocenters. The summed E-state index contributed by atoms with van der Waals surface area (Å²) in [6.45, 7) is 31.8. The Labute approximate surface area is 471 Å². The minimum Gasteiger partial charge on any atom is -0.390 e. The molecule has 452 valence electrons. The lowest BCUT2D eigenvalue weighted by atomic mass is 9.95. The second-order valence-electron chi connectivity index (χ2n) is 25.4. The number of hydrogen-bond donors (Lipinski definition) is 10. The van der Waals surface area contributed by atoms with Gasteiger partial charge in [0.25, 0.3) is 0 Å². The van der Waals surface area contributed by atoms with Gasteiger partial charge >= 0.3 is 0 Å². The van der Waals surface area contributed by atoms with Crippen molar-refractivity contribution in [3.05, 3.63) is 12.2 Å². The van der Waals surface area contributed by atoms with E-state index in [2.05, 4.69) is 47.9 Å². The van der Waals surface area contributed by atoms with Gasteiger partial charge in [0.1, 0.15) is 46.8 Å². The van der Waals surface area contributed by atoms with Crippen LogP contribution >= 0.6 is 0 Å². The Morgan fingerprint density at radius 3 is 1.61 bits per heavy atom. The molecule has 9 atom stereocenters. The van der Waals surface area contributed by atoms with E-state index in [9.17, 15) is 53.1 Å².